The molecule has 4 atom stereocenters. The molecule has 0 saturated carbocycles. The predicted octanol–water partition coefficient (Wildman–Crippen LogP) is 0.391. The number of nitrogens with zero attached hydrogens (tertiary/aromatic N) is 2. The van der Waals surface area contributed by atoms with Gasteiger partial charge in [0.15, 0.2) is 0 Å². The first kappa shape index (κ1) is 20.1. The van der Waals surface area contributed by atoms with E-state index < -0.39 is 24.4 Å². The van der Waals surface area contributed by atoms with Gasteiger partial charge in [0.05, 0.1) is 12.0 Å². The summed E-state index contributed by atoms with van der Waals surface area (Å²) in [6, 6.07) is 1.90. The van der Waals surface area contributed by atoms with Crippen LogP contribution in [0.4, 0.5) is 0 Å². The van der Waals surface area contributed by atoms with Crippen molar-refractivity contribution in [1.29, 1.82) is 0 Å². The fourth-order valence-corrected chi connectivity index (χ4v) is 4.59. The van der Waals surface area contributed by atoms with Crippen LogP contribution in [0.2, 0.25) is 0 Å². The topological polar surface area (TPSA) is 82.5 Å². The third kappa shape index (κ3) is 4.98. The Labute approximate surface area is 161 Å². The van der Waals surface area contributed by atoms with Crippen molar-refractivity contribution in [3.63, 3.8) is 0 Å². The van der Waals surface area contributed by atoms with Gasteiger partial charge in [0.2, 0.25) is 5.91 Å². The lowest BCUT2D eigenvalue weighted by Gasteiger charge is -2.32. The van der Waals surface area contributed by atoms with Gasteiger partial charge in [-0.05, 0) is 29.4 Å². The van der Waals surface area contributed by atoms with Crippen molar-refractivity contribution < 1.29 is 24.5 Å². The summed E-state index contributed by atoms with van der Waals surface area (Å²) in [4.78, 5) is 16.1. The van der Waals surface area contributed by atoms with Crippen LogP contribution in [-0.2, 0) is 14.3 Å². The molecule has 2 saturated heterocycles. The van der Waals surface area contributed by atoms with Gasteiger partial charge in [-0.25, -0.2) is 0 Å². The van der Waals surface area contributed by atoms with Crippen LogP contribution < -0.4 is 0 Å². The summed E-state index contributed by atoms with van der Waals surface area (Å²) in [5, 5.41) is 24.2. The van der Waals surface area contributed by atoms with E-state index in [1.807, 2.05) is 28.8 Å². The zero-order valence-electron chi connectivity index (χ0n) is 14.8. The zero-order valence-corrected chi connectivity index (χ0v) is 16.5. The first-order valence-corrected chi connectivity index (χ1v) is 10.8. The van der Waals surface area contributed by atoms with Gasteiger partial charge in [0.1, 0.15) is 24.9 Å². The molecule has 1 aromatic rings. The lowest BCUT2D eigenvalue weighted by Crippen LogP contribution is -2.48. The van der Waals surface area contributed by atoms with Gasteiger partial charge in [-0.15, -0.1) is 11.8 Å². The van der Waals surface area contributed by atoms with Gasteiger partial charge in [0, 0.05) is 31.9 Å². The van der Waals surface area contributed by atoms with E-state index in [4.69, 9.17) is 9.47 Å². The molecule has 9 heteroatoms. The minimum absolute atomic E-state index is 0.0174. The van der Waals surface area contributed by atoms with Crippen LogP contribution in [-0.4, -0.2) is 95.8 Å². The normalized spacial score (nSPS) is 30.0. The zero-order chi connectivity index (χ0) is 18.5. The quantitative estimate of drug-likeness (QED) is 0.504. The molecule has 0 aromatic carbocycles. The number of likely N-dealkylation sites (N-methyl/N-ethyl adjacent to an activating group) is 1. The lowest BCUT2D eigenvalue weighted by atomic mass is 10.0. The predicted molar refractivity (Wildman–Crippen MR) is 101 cm³/mol. The summed E-state index contributed by atoms with van der Waals surface area (Å²) < 4.78 is 11.3. The molecular weight excluding hydrogens is 376 g/mol. The third-order valence-electron chi connectivity index (χ3n) is 4.76. The highest BCUT2D eigenvalue weighted by molar-refractivity contribution is 7.99. The van der Waals surface area contributed by atoms with Crippen molar-refractivity contribution in [2.24, 2.45) is 0 Å². The Morgan fingerprint density at radius 2 is 2.12 bits per heavy atom. The number of amides is 1. The molecule has 3 heterocycles. The van der Waals surface area contributed by atoms with Crippen molar-refractivity contribution in [3.8, 4) is 0 Å². The van der Waals surface area contributed by atoms with Crippen molar-refractivity contribution >= 4 is 29.0 Å². The molecule has 0 bridgehead atoms. The molecular formula is C17H26N2O5S2. The molecule has 4 unspecified atom stereocenters. The minimum Gasteiger partial charge on any atom is -0.388 e. The summed E-state index contributed by atoms with van der Waals surface area (Å²) in [7, 11) is 2.05. The highest BCUT2D eigenvalue weighted by Crippen LogP contribution is 2.35. The summed E-state index contributed by atoms with van der Waals surface area (Å²) >= 11 is 2.98. The van der Waals surface area contributed by atoms with E-state index in [2.05, 4.69) is 4.90 Å². The van der Waals surface area contributed by atoms with Crippen molar-refractivity contribution in [2.45, 2.75) is 24.4 Å². The second-order valence-corrected chi connectivity index (χ2v) is 8.41. The SMILES string of the molecule is CN1CCN(C(=O)COCSCC2OC(c3ccsc3)C(O)C2O)CC1. The molecule has 7 nitrogen and oxygen atoms in total. The Balaban J connectivity index is 1.33. The van der Waals surface area contributed by atoms with Gasteiger partial charge >= 0.3 is 0 Å². The number of aliphatic hydroxyl groups excluding tert-OH is 2. The van der Waals surface area contributed by atoms with Crippen LogP contribution >= 0.6 is 23.1 Å². The maximum atomic E-state index is 12.1. The van der Waals surface area contributed by atoms with E-state index in [1.54, 1.807) is 0 Å². The number of thioether (sulfide) groups is 1. The van der Waals surface area contributed by atoms with Crippen LogP contribution in [0, 0.1) is 0 Å². The smallest absolute Gasteiger partial charge is 0.248 e. The molecule has 0 aliphatic carbocycles. The molecule has 2 N–H and O–H groups in total. The molecule has 2 aliphatic rings. The largest absolute Gasteiger partial charge is 0.388 e. The molecule has 0 radical (unpaired) electrons. The average Bonchev–Trinajstić information content (AvgIpc) is 3.25. The summed E-state index contributed by atoms with van der Waals surface area (Å²) in [6.07, 6.45) is -2.77. The minimum atomic E-state index is -0.921. The molecule has 1 amide bonds. The van der Waals surface area contributed by atoms with E-state index in [9.17, 15) is 15.0 Å². The van der Waals surface area contributed by atoms with Crippen molar-refractivity contribution in [2.75, 3.05) is 51.5 Å². The Bertz CT molecular complexity index is 566. The number of hydrogen-bond donors (Lipinski definition) is 2. The van der Waals surface area contributed by atoms with Crippen LogP contribution in [0.5, 0.6) is 0 Å². The average molecular weight is 403 g/mol. The Morgan fingerprint density at radius 3 is 2.81 bits per heavy atom. The summed E-state index contributed by atoms with van der Waals surface area (Å²) in [6.45, 7) is 3.35. The van der Waals surface area contributed by atoms with Crippen molar-refractivity contribution in [1.82, 2.24) is 9.80 Å². The Kier molecular flexibility index (Phi) is 7.33. The second-order valence-electron chi connectivity index (χ2n) is 6.65. The Morgan fingerprint density at radius 1 is 1.35 bits per heavy atom. The highest BCUT2D eigenvalue weighted by Gasteiger charge is 2.43. The van der Waals surface area contributed by atoms with Crippen LogP contribution in [0.15, 0.2) is 16.8 Å². The number of carbonyl (C=O) groups excluding carboxylic acids is 1. The summed E-state index contributed by atoms with van der Waals surface area (Å²) in [5.41, 5.74) is 0.892. The summed E-state index contributed by atoms with van der Waals surface area (Å²) in [5.74, 6) is 0.871. The molecule has 26 heavy (non-hydrogen) atoms. The van der Waals surface area contributed by atoms with E-state index in [-0.39, 0.29) is 12.5 Å². The molecule has 2 fully saturated rings. The van der Waals surface area contributed by atoms with Crippen molar-refractivity contribution in [3.05, 3.63) is 22.4 Å². The fourth-order valence-electron chi connectivity index (χ4n) is 3.10. The van der Waals surface area contributed by atoms with Gasteiger partial charge in [-0.1, -0.05) is 0 Å². The van der Waals surface area contributed by atoms with Crippen LogP contribution in [0.1, 0.15) is 11.7 Å². The first-order valence-electron chi connectivity index (χ1n) is 8.71. The second kappa shape index (κ2) is 9.50. The highest BCUT2D eigenvalue weighted by atomic mass is 32.2. The number of rotatable bonds is 7. The van der Waals surface area contributed by atoms with Gasteiger partial charge in [-0.2, -0.15) is 11.3 Å². The maximum absolute atomic E-state index is 12.1. The number of hydrogen-bond acceptors (Lipinski definition) is 8. The monoisotopic (exact) mass is 402 g/mol. The standard InChI is InChI=1S/C17H26N2O5S2/c1-18-3-5-19(6-4-18)14(20)8-23-11-26-10-13-15(21)16(22)17(24-13)12-2-7-25-9-12/h2,7,9,13,15-17,21-22H,3-6,8,10-11H2,1H3. The van der Waals surface area contributed by atoms with Crippen LogP contribution in [0.25, 0.3) is 0 Å². The van der Waals surface area contributed by atoms with E-state index in [0.29, 0.717) is 11.7 Å². The van der Waals surface area contributed by atoms with E-state index in [0.717, 1.165) is 31.7 Å². The molecule has 1 aromatic heterocycles. The number of ether oxygens (including phenoxy) is 2. The molecule has 0 spiro atoms. The van der Waals surface area contributed by atoms with E-state index >= 15 is 0 Å². The van der Waals surface area contributed by atoms with Gasteiger partial charge < -0.3 is 29.5 Å². The molecule has 2 aliphatic heterocycles. The number of carbonyl (C=O) groups is 1. The Hall–Kier alpha value is -0.680. The number of aliphatic hydroxyl groups is 2. The molecule has 3 rings (SSSR count). The van der Waals surface area contributed by atoms with Crippen LogP contribution in [0.3, 0.4) is 0 Å². The third-order valence-corrected chi connectivity index (χ3v) is 6.36. The van der Waals surface area contributed by atoms with E-state index in [1.165, 1.54) is 23.1 Å². The van der Waals surface area contributed by atoms with Gasteiger partial charge in [-0.3, -0.25) is 4.79 Å². The first-order chi connectivity index (χ1) is 12.6. The van der Waals surface area contributed by atoms with Gasteiger partial charge in [0.25, 0.3) is 0 Å². The molecule has 146 valence electrons. The fraction of sp³-hybridized carbons (Fsp3) is 0.706. The lowest BCUT2D eigenvalue weighted by molar-refractivity contribution is -0.136. The maximum Gasteiger partial charge on any atom is 0.248 e. The number of thiophene rings is 1. The number of piperazine rings is 1.